The number of anilines is 1. The van der Waals surface area contributed by atoms with Crippen molar-refractivity contribution >= 4 is 50.4 Å². The van der Waals surface area contributed by atoms with Crippen LogP contribution in [0.15, 0.2) is 77.3 Å². The van der Waals surface area contributed by atoms with Gasteiger partial charge in [0.2, 0.25) is 11.8 Å². The first-order valence-corrected chi connectivity index (χ1v) is 21.5. The van der Waals surface area contributed by atoms with Gasteiger partial charge < -0.3 is 29.7 Å². The van der Waals surface area contributed by atoms with Gasteiger partial charge in [0.15, 0.2) is 11.5 Å². The fraction of sp³-hybridized carbons (Fsp3) is 0.383. The quantitative estimate of drug-likeness (QED) is 0.0546. The highest BCUT2D eigenvalue weighted by molar-refractivity contribution is 9.10. The zero-order valence-electron chi connectivity index (χ0n) is 34.7. The number of rotatable bonds is 19. The van der Waals surface area contributed by atoms with Gasteiger partial charge in [0.1, 0.15) is 30.0 Å². The number of carbonyl (C=O) groups is 3. The maximum absolute atomic E-state index is 13.2. The first kappa shape index (κ1) is 42.6. The molecule has 2 aliphatic rings. The molecular formula is C47H53BrN6O6. The molecule has 0 aliphatic carbocycles. The number of amides is 3. The zero-order chi connectivity index (χ0) is 42.2. The first-order valence-electron chi connectivity index (χ1n) is 20.8. The van der Waals surface area contributed by atoms with Crippen LogP contribution in [0.5, 0.6) is 17.2 Å². The highest BCUT2D eigenvalue weighted by atomic mass is 79.9. The SMILES string of the molecule is COc1cc2c(NC(C)c3cccc(Br)c3)nc(C)nc2c(CCCCCCCNCc2ccc(COc3cccc4c3CN(C3CCC(=O)NC3=O)C4=O)cc2)c1OC. The third kappa shape index (κ3) is 9.90. The Hall–Kier alpha value is -5.53. The summed E-state index contributed by atoms with van der Waals surface area (Å²) >= 11 is 3.59. The van der Waals surface area contributed by atoms with Crippen molar-refractivity contribution in [2.75, 3.05) is 26.1 Å². The smallest absolute Gasteiger partial charge is 0.255 e. The Balaban J connectivity index is 0.846. The minimum Gasteiger partial charge on any atom is -0.493 e. The van der Waals surface area contributed by atoms with E-state index in [1.807, 2.05) is 31.2 Å². The van der Waals surface area contributed by atoms with Gasteiger partial charge in [0.25, 0.3) is 5.91 Å². The van der Waals surface area contributed by atoms with Crippen molar-refractivity contribution in [2.45, 2.75) is 97.0 Å². The van der Waals surface area contributed by atoms with Crippen molar-refractivity contribution in [1.82, 2.24) is 25.5 Å². The van der Waals surface area contributed by atoms with Crippen LogP contribution in [0.3, 0.4) is 0 Å². The van der Waals surface area contributed by atoms with E-state index in [0.717, 1.165) is 101 Å². The third-order valence-corrected chi connectivity index (χ3v) is 11.8. The van der Waals surface area contributed by atoms with Gasteiger partial charge in [-0.2, -0.15) is 0 Å². The number of carbonyl (C=O) groups excluding carboxylic acids is 3. The van der Waals surface area contributed by atoms with Crippen molar-refractivity contribution in [3.05, 3.63) is 116 Å². The molecule has 12 nitrogen and oxygen atoms in total. The lowest BCUT2D eigenvalue weighted by molar-refractivity contribution is -0.136. The predicted octanol–water partition coefficient (Wildman–Crippen LogP) is 8.51. The number of benzene rings is 4. The molecule has 4 aromatic carbocycles. The fourth-order valence-corrected chi connectivity index (χ4v) is 8.52. The van der Waals surface area contributed by atoms with E-state index in [0.29, 0.717) is 35.9 Å². The summed E-state index contributed by atoms with van der Waals surface area (Å²) in [5, 5.41) is 10.5. The van der Waals surface area contributed by atoms with Crippen LogP contribution in [0.2, 0.25) is 0 Å². The van der Waals surface area contributed by atoms with Crippen LogP contribution in [-0.4, -0.2) is 59.4 Å². The summed E-state index contributed by atoms with van der Waals surface area (Å²) in [7, 11) is 3.36. The number of nitrogens with zero attached hydrogens (tertiary/aromatic N) is 3. The first-order chi connectivity index (χ1) is 29.1. The second-order valence-electron chi connectivity index (χ2n) is 15.5. The Morgan fingerprint density at radius 1 is 0.900 bits per heavy atom. The molecule has 0 spiro atoms. The average Bonchev–Trinajstić information content (AvgIpc) is 3.58. The summed E-state index contributed by atoms with van der Waals surface area (Å²) in [5.74, 6) is 2.58. The van der Waals surface area contributed by atoms with Crippen LogP contribution in [0.4, 0.5) is 5.82 Å². The van der Waals surface area contributed by atoms with Crippen LogP contribution in [0, 0.1) is 6.92 Å². The van der Waals surface area contributed by atoms with Crippen molar-refractivity contribution in [3.63, 3.8) is 0 Å². The molecule has 2 atom stereocenters. The van der Waals surface area contributed by atoms with Crippen molar-refractivity contribution < 1.29 is 28.6 Å². The molecule has 3 heterocycles. The summed E-state index contributed by atoms with van der Waals surface area (Å²) in [6.07, 6.45) is 6.85. The molecule has 5 aromatic rings. The Labute approximate surface area is 359 Å². The lowest BCUT2D eigenvalue weighted by atomic mass is 10.00. The molecular weight excluding hydrogens is 824 g/mol. The second kappa shape index (κ2) is 19.7. The van der Waals surface area contributed by atoms with Crippen molar-refractivity contribution in [3.8, 4) is 17.2 Å². The number of hydrogen-bond acceptors (Lipinski definition) is 10. The van der Waals surface area contributed by atoms with E-state index in [4.69, 9.17) is 24.2 Å². The van der Waals surface area contributed by atoms with E-state index < -0.39 is 11.9 Å². The molecule has 3 amide bonds. The Morgan fingerprint density at radius 2 is 1.67 bits per heavy atom. The molecule has 3 N–H and O–H groups in total. The van der Waals surface area contributed by atoms with E-state index in [1.165, 1.54) is 5.56 Å². The Morgan fingerprint density at radius 3 is 2.43 bits per heavy atom. The molecule has 7 rings (SSSR count). The van der Waals surface area contributed by atoms with Crippen LogP contribution in [0.1, 0.15) is 102 Å². The number of hydrogen-bond donors (Lipinski definition) is 3. The summed E-state index contributed by atoms with van der Waals surface area (Å²) in [6.45, 7) is 6.42. The Kier molecular flexibility index (Phi) is 14.0. The molecule has 0 bridgehead atoms. The number of halogens is 1. The number of nitrogens with one attached hydrogen (secondary N) is 3. The number of aromatic nitrogens is 2. The summed E-state index contributed by atoms with van der Waals surface area (Å²) in [4.78, 5) is 48.5. The normalized spacial score (nSPS) is 15.5. The molecule has 60 heavy (non-hydrogen) atoms. The number of methoxy groups -OCH3 is 2. The molecule has 1 fully saturated rings. The highest BCUT2D eigenvalue weighted by Gasteiger charge is 2.40. The van der Waals surface area contributed by atoms with E-state index in [2.05, 4.69) is 75.2 Å². The maximum atomic E-state index is 13.2. The number of piperidine rings is 1. The van der Waals surface area contributed by atoms with Gasteiger partial charge in [-0.1, -0.05) is 77.7 Å². The van der Waals surface area contributed by atoms with Gasteiger partial charge in [-0.25, -0.2) is 9.97 Å². The third-order valence-electron chi connectivity index (χ3n) is 11.3. The van der Waals surface area contributed by atoms with Crippen molar-refractivity contribution in [1.29, 1.82) is 0 Å². The lowest BCUT2D eigenvalue weighted by Gasteiger charge is -2.29. The predicted molar refractivity (Wildman–Crippen MR) is 235 cm³/mol. The van der Waals surface area contributed by atoms with Gasteiger partial charge in [-0.3, -0.25) is 19.7 Å². The van der Waals surface area contributed by atoms with E-state index in [-0.39, 0.29) is 30.8 Å². The fourth-order valence-electron chi connectivity index (χ4n) is 8.10. The zero-order valence-corrected chi connectivity index (χ0v) is 36.3. The maximum Gasteiger partial charge on any atom is 0.255 e. The number of aryl methyl sites for hydroxylation is 2. The summed E-state index contributed by atoms with van der Waals surface area (Å²) < 4.78 is 18.9. The van der Waals surface area contributed by atoms with Crippen molar-refractivity contribution in [2.24, 2.45) is 0 Å². The van der Waals surface area contributed by atoms with Crippen LogP contribution < -0.4 is 30.2 Å². The number of imide groups is 1. The van der Waals surface area contributed by atoms with Gasteiger partial charge >= 0.3 is 0 Å². The number of fused-ring (bicyclic) bond motifs is 2. The standard InChI is InChI=1S/C47H53BrN6O6/c1-29(33-12-10-13-34(48)24-33)50-45-37-25-41(58-3)44(59-4)36(43(37)51-30(2)52-45)14-8-6-5-7-9-23-49-26-31-17-19-32(20-18-31)28-60-40-16-11-15-35-38(40)27-54(47(35)57)39-21-22-42(55)53-46(39)56/h10-13,15-20,24-25,29,39,49H,5-9,14,21-23,26-28H2,1-4H3,(H,50,51,52)(H,53,55,56). The van der Waals surface area contributed by atoms with Gasteiger partial charge in [-0.15, -0.1) is 0 Å². The average molecular weight is 878 g/mol. The van der Waals surface area contributed by atoms with Crippen LogP contribution in [0.25, 0.3) is 10.9 Å². The molecule has 13 heteroatoms. The molecule has 1 saturated heterocycles. The highest BCUT2D eigenvalue weighted by Crippen LogP contribution is 2.41. The lowest BCUT2D eigenvalue weighted by Crippen LogP contribution is -2.52. The summed E-state index contributed by atoms with van der Waals surface area (Å²) in [6, 6.07) is 23.4. The molecule has 2 aliphatic heterocycles. The topological polar surface area (TPSA) is 144 Å². The van der Waals surface area contributed by atoms with Crippen LogP contribution in [-0.2, 0) is 35.7 Å². The summed E-state index contributed by atoms with van der Waals surface area (Å²) in [5.41, 5.74) is 6.63. The van der Waals surface area contributed by atoms with Gasteiger partial charge in [-0.05, 0) is 93.1 Å². The van der Waals surface area contributed by atoms with E-state index in [9.17, 15) is 14.4 Å². The molecule has 0 radical (unpaired) electrons. The van der Waals surface area contributed by atoms with Gasteiger partial charge in [0.05, 0.1) is 32.3 Å². The van der Waals surface area contributed by atoms with E-state index >= 15 is 0 Å². The number of ether oxygens (including phenoxy) is 3. The van der Waals surface area contributed by atoms with Crippen LogP contribution >= 0.6 is 15.9 Å². The number of unbranched alkanes of at least 4 members (excludes halogenated alkanes) is 4. The molecule has 1 aromatic heterocycles. The second-order valence-corrected chi connectivity index (χ2v) is 16.4. The van der Waals surface area contributed by atoms with E-state index in [1.54, 1.807) is 31.3 Å². The monoisotopic (exact) mass is 876 g/mol. The molecule has 0 saturated carbocycles. The van der Waals surface area contributed by atoms with Gasteiger partial charge in [0, 0.05) is 39.5 Å². The Bertz CT molecular complexity index is 2350. The minimum absolute atomic E-state index is 0.0273. The molecule has 2 unspecified atom stereocenters. The largest absolute Gasteiger partial charge is 0.493 e. The molecule has 314 valence electrons. The minimum atomic E-state index is -0.657.